The van der Waals surface area contributed by atoms with Crippen molar-refractivity contribution in [2.24, 2.45) is 0 Å². The van der Waals surface area contributed by atoms with Crippen molar-refractivity contribution in [2.75, 3.05) is 0 Å². The number of benzene rings is 6. The lowest BCUT2D eigenvalue weighted by atomic mass is 9.88. The molecule has 0 saturated heterocycles. The van der Waals surface area contributed by atoms with Gasteiger partial charge in [-0.2, -0.15) is 0 Å². The molecule has 9 aromatic rings. The van der Waals surface area contributed by atoms with Crippen LogP contribution in [0.2, 0.25) is 0 Å². The summed E-state index contributed by atoms with van der Waals surface area (Å²) in [5.74, 6) is 1.89. The highest BCUT2D eigenvalue weighted by atomic mass is 15.0. The first-order valence-electron chi connectivity index (χ1n) is 16.6. The highest BCUT2D eigenvalue weighted by molar-refractivity contribution is 6.20. The van der Waals surface area contributed by atoms with Crippen LogP contribution in [0.1, 0.15) is 0 Å². The van der Waals surface area contributed by atoms with E-state index in [1.54, 1.807) is 6.20 Å². The van der Waals surface area contributed by atoms with Gasteiger partial charge in [-0.05, 0) is 56.4 Å². The average molecular weight is 640 g/mol. The zero-order chi connectivity index (χ0) is 33.3. The molecule has 0 spiro atoms. The van der Waals surface area contributed by atoms with Crippen LogP contribution in [0.4, 0.5) is 0 Å². The molecule has 0 N–H and O–H groups in total. The average Bonchev–Trinajstić information content (AvgIpc) is 3.21. The highest BCUT2D eigenvalue weighted by Gasteiger charge is 2.20. The lowest BCUT2D eigenvalue weighted by Gasteiger charge is -2.17. The van der Waals surface area contributed by atoms with Crippen LogP contribution in [0.15, 0.2) is 176 Å². The van der Waals surface area contributed by atoms with Gasteiger partial charge in [0, 0.05) is 46.4 Å². The molecule has 9 rings (SSSR count). The fourth-order valence-electron chi connectivity index (χ4n) is 6.68. The summed E-state index contributed by atoms with van der Waals surface area (Å²) in [7, 11) is 0. The van der Waals surface area contributed by atoms with Crippen molar-refractivity contribution in [3.05, 3.63) is 176 Å². The van der Waals surface area contributed by atoms with Crippen LogP contribution in [0.3, 0.4) is 0 Å². The molecule has 6 aromatic carbocycles. The minimum absolute atomic E-state index is 0.626. The Balaban J connectivity index is 1.25. The molecule has 3 heterocycles. The van der Waals surface area contributed by atoms with Crippen molar-refractivity contribution in [3.63, 3.8) is 0 Å². The summed E-state index contributed by atoms with van der Waals surface area (Å²) in [6.07, 6.45) is 5.58. The van der Waals surface area contributed by atoms with Crippen molar-refractivity contribution in [1.29, 1.82) is 0 Å². The van der Waals surface area contributed by atoms with E-state index in [2.05, 4.69) is 114 Å². The Hall–Kier alpha value is -6.85. The third kappa shape index (κ3) is 5.37. The molecular formula is C45H29N5. The van der Waals surface area contributed by atoms with Crippen LogP contribution in [0.5, 0.6) is 0 Å². The second-order valence-electron chi connectivity index (χ2n) is 12.1. The normalized spacial score (nSPS) is 11.2. The van der Waals surface area contributed by atoms with Crippen LogP contribution in [-0.2, 0) is 0 Å². The topological polar surface area (TPSA) is 64.5 Å². The van der Waals surface area contributed by atoms with Crippen LogP contribution in [0, 0.1) is 0 Å². The number of aromatic nitrogens is 5. The van der Waals surface area contributed by atoms with Crippen molar-refractivity contribution >= 4 is 21.5 Å². The predicted octanol–water partition coefficient (Wildman–Crippen LogP) is 11.0. The summed E-state index contributed by atoms with van der Waals surface area (Å²) in [5, 5.41) is 4.33. The summed E-state index contributed by atoms with van der Waals surface area (Å²) in [6.45, 7) is 0. The summed E-state index contributed by atoms with van der Waals surface area (Å²) < 4.78 is 0. The van der Waals surface area contributed by atoms with E-state index < -0.39 is 0 Å². The molecule has 5 nitrogen and oxygen atoms in total. The Morgan fingerprint density at radius 2 is 0.760 bits per heavy atom. The van der Waals surface area contributed by atoms with Crippen LogP contribution in [0.25, 0.3) is 89.2 Å². The number of fused-ring (bicyclic) bond motifs is 2. The molecule has 0 aliphatic heterocycles. The number of rotatable bonds is 6. The number of hydrogen-bond acceptors (Lipinski definition) is 5. The van der Waals surface area contributed by atoms with Crippen molar-refractivity contribution < 1.29 is 0 Å². The van der Waals surface area contributed by atoms with Crippen molar-refractivity contribution in [1.82, 2.24) is 24.9 Å². The third-order valence-corrected chi connectivity index (χ3v) is 9.08. The summed E-state index contributed by atoms with van der Waals surface area (Å²) in [5.41, 5.74) is 9.17. The predicted molar refractivity (Wildman–Crippen MR) is 203 cm³/mol. The van der Waals surface area contributed by atoms with E-state index in [1.807, 2.05) is 60.9 Å². The van der Waals surface area contributed by atoms with Gasteiger partial charge in [0.2, 0.25) is 0 Å². The smallest absolute Gasteiger partial charge is 0.165 e. The molecule has 50 heavy (non-hydrogen) atoms. The number of hydrogen-bond donors (Lipinski definition) is 0. The molecular weight excluding hydrogens is 611 g/mol. The largest absolute Gasteiger partial charge is 0.264 e. The maximum Gasteiger partial charge on any atom is 0.165 e. The molecule has 0 amide bonds. The molecule has 0 aliphatic carbocycles. The van der Waals surface area contributed by atoms with Gasteiger partial charge in [0.05, 0.1) is 5.69 Å². The van der Waals surface area contributed by atoms with E-state index in [0.29, 0.717) is 17.5 Å². The van der Waals surface area contributed by atoms with Gasteiger partial charge >= 0.3 is 0 Å². The van der Waals surface area contributed by atoms with E-state index in [1.165, 1.54) is 5.56 Å². The standard InChI is InChI=1S/C45H29N5/c1-3-12-30(13-4-1)31-21-23-33(24-22-31)44-48-43(32-14-5-2-6-15-32)49-45(50-44)42-38-19-9-7-17-36(38)41(37-18-8-10-20-39(37)42)35-25-26-40(47-29-35)34-16-11-27-46-28-34/h1-29H. The van der Waals surface area contributed by atoms with Crippen LogP contribution < -0.4 is 0 Å². The van der Waals surface area contributed by atoms with Gasteiger partial charge in [0.1, 0.15) is 0 Å². The fourth-order valence-corrected chi connectivity index (χ4v) is 6.68. The van der Waals surface area contributed by atoms with Crippen molar-refractivity contribution in [3.8, 4) is 67.7 Å². The monoisotopic (exact) mass is 639 g/mol. The van der Waals surface area contributed by atoms with Gasteiger partial charge < -0.3 is 0 Å². The highest BCUT2D eigenvalue weighted by Crippen LogP contribution is 2.43. The molecule has 0 aliphatic rings. The maximum absolute atomic E-state index is 5.21. The summed E-state index contributed by atoms with van der Waals surface area (Å²) >= 11 is 0. The van der Waals surface area contributed by atoms with Crippen molar-refractivity contribution in [2.45, 2.75) is 0 Å². The minimum Gasteiger partial charge on any atom is -0.264 e. The lowest BCUT2D eigenvalue weighted by molar-refractivity contribution is 1.08. The van der Waals surface area contributed by atoms with Gasteiger partial charge in [-0.1, -0.05) is 140 Å². The van der Waals surface area contributed by atoms with E-state index in [0.717, 1.165) is 66.2 Å². The van der Waals surface area contributed by atoms with E-state index in [9.17, 15) is 0 Å². The van der Waals surface area contributed by atoms with Gasteiger partial charge in [-0.3, -0.25) is 9.97 Å². The van der Waals surface area contributed by atoms with Crippen LogP contribution >= 0.6 is 0 Å². The van der Waals surface area contributed by atoms with E-state index in [4.69, 9.17) is 19.9 Å². The zero-order valence-electron chi connectivity index (χ0n) is 27.0. The first-order valence-corrected chi connectivity index (χ1v) is 16.6. The zero-order valence-corrected chi connectivity index (χ0v) is 27.0. The van der Waals surface area contributed by atoms with Gasteiger partial charge in [0.15, 0.2) is 17.5 Å². The van der Waals surface area contributed by atoms with Gasteiger partial charge in [-0.15, -0.1) is 0 Å². The molecule has 0 unspecified atom stereocenters. The number of pyridine rings is 2. The molecule has 0 saturated carbocycles. The fraction of sp³-hybridized carbons (Fsp3) is 0. The molecule has 3 aromatic heterocycles. The van der Waals surface area contributed by atoms with E-state index >= 15 is 0 Å². The Bertz CT molecular complexity index is 2550. The van der Waals surface area contributed by atoms with Crippen LogP contribution in [-0.4, -0.2) is 24.9 Å². The molecule has 0 bridgehead atoms. The number of nitrogens with zero attached hydrogens (tertiary/aromatic N) is 5. The Kier molecular flexibility index (Phi) is 7.41. The molecule has 0 radical (unpaired) electrons. The van der Waals surface area contributed by atoms with Gasteiger partial charge in [0.25, 0.3) is 0 Å². The maximum atomic E-state index is 5.21. The lowest BCUT2D eigenvalue weighted by Crippen LogP contribution is -2.01. The molecule has 0 atom stereocenters. The van der Waals surface area contributed by atoms with Gasteiger partial charge in [-0.25, -0.2) is 15.0 Å². The third-order valence-electron chi connectivity index (χ3n) is 9.08. The summed E-state index contributed by atoms with van der Waals surface area (Å²) in [6, 6.07) is 54.2. The quantitative estimate of drug-likeness (QED) is 0.169. The second-order valence-corrected chi connectivity index (χ2v) is 12.1. The Morgan fingerprint density at radius 1 is 0.300 bits per heavy atom. The molecule has 5 heteroatoms. The molecule has 0 fully saturated rings. The minimum atomic E-state index is 0.626. The summed E-state index contributed by atoms with van der Waals surface area (Å²) in [4.78, 5) is 24.5. The van der Waals surface area contributed by atoms with E-state index in [-0.39, 0.29) is 0 Å². The Labute approximate surface area is 289 Å². The Morgan fingerprint density at radius 3 is 1.32 bits per heavy atom. The molecule has 234 valence electrons. The first kappa shape index (κ1) is 29.3. The second kappa shape index (κ2) is 12.6. The SMILES string of the molecule is c1ccc(-c2ccc(-c3nc(-c4ccccc4)nc(-c4c5ccccc5c(-c5ccc(-c6cccnc6)nc5)c5ccccc45)n3)cc2)cc1. The first-order chi connectivity index (χ1) is 24.8.